The summed E-state index contributed by atoms with van der Waals surface area (Å²) >= 11 is 0. The van der Waals surface area contributed by atoms with Gasteiger partial charge in [0, 0.05) is 47.9 Å². The summed E-state index contributed by atoms with van der Waals surface area (Å²) in [5.74, 6) is 0.0823. The molecule has 6 heterocycles. The predicted molar refractivity (Wildman–Crippen MR) is 209 cm³/mol. The van der Waals surface area contributed by atoms with Gasteiger partial charge in [-0.05, 0) is 60.4 Å². The van der Waals surface area contributed by atoms with Crippen molar-refractivity contribution in [2.75, 3.05) is 10.6 Å². The van der Waals surface area contributed by atoms with Gasteiger partial charge in [-0.15, -0.1) is 0 Å². The normalized spacial score (nSPS) is 10.9. The fraction of sp³-hybridized carbons (Fsp3) is 0.100. The van der Waals surface area contributed by atoms with E-state index in [9.17, 15) is 9.59 Å². The zero-order chi connectivity index (χ0) is 37.6. The van der Waals surface area contributed by atoms with Gasteiger partial charge in [0.15, 0.2) is 17.1 Å². The number of hydrogen-bond acceptors (Lipinski definition) is 10. The van der Waals surface area contributed by atoms with Gasteiger partial charge in [-0.2, -0.15) is 0 Å². The Labute approximate surface area is 309 Å². The summed E-state index contributed by atoms with van der Waals surface area (Å²) in [5, 5.41) is 6.70. The minimum absolute atomic E-state index is 0.296. The first kappa shape index (κ1) is 34.9. The summed E-state index contributed by atoms with van der Waals surface area (Å²) in [6.45, 7) is 4.15. The Kier molecular flexibility index (Phi) is 9.97. The van der Waals surface area contributed by atoms with E-state index in [2.05, 4.69) is 64.4 Å². The standard InChI is InChI=1S/2C20H18N6O/c1-2-12-7-3-4-8-14(12)24-16-13(18(21)27)11-23-20-17(16)25-19(26-20)15-9-5-6-10-22-15;1-2-12-6-3-4-8-15(12)24-16-14(18(21)27)11-23-20-17(16)25-19(26-20)13-7-5-9-22-10-13/h2*3-11H,2H2,1H3,(H2,21,27)(H2,23,24,25,26). The number of para-hydroxylation sites is 2. The van der Waals surface area contributed by atoms with E-state index in [0.29, 0.717) is 62.2 Å². The number of aryl methyl sites for hydroxylation is 2. The van der Waals surface area contributed by atoms with E-state index in [1.807, 2.05) is 78.9 Å². The second kappa shape index (κ2) is 15.4. The number of primary amides is 2. The molecule has 0 fully saturated rings. The van der Waals surface area contributed by atoms with Crippen LogP contribution in [-0.4, -0.2) is 51.7 Å². The maximum absolute atomic E-state index is 12.0. The van der Waals surface area contributed by atoms with Crippen molar-refractivity contribution in [3.8, 4) is 22.9 Å². The first-order chi connectivity index (χ1) is 26.3. The van der Waals surface area contributed by atoms with Crippen LogP contribution in [0.4, 0.5) is 22.7 Å². The Morgan fingerprint density at radius 2 is 1.15 bits per heavy atom. The Bertz CT molecular complexity index is 2420. The number of H-pyrrole nitrogens is 2. The first-order valence-electron chi connectivity index (χ1n) is 17.2. The van der Waals surface area contributed by atoms with E-state index < -0.39 is 11.8 Å². The van der Waals surface area contributed by atoms with Gasteiger partial charge in [-0.25, -0.2) is 19.9 Å². The van der Waals surface area contributed by atoms with Crippen molar-refractivity contribution in [1.29, 1.82) is 0 Å². The molecule has 0 saturated heterocycles. The summed E-state index contributed by atoms with van der Waals surface area (Å²) in [5.41, 5.74) is 20.7. The summed E-state index contributed by atoms with van der Waals surface area (Å²) in [6, 6.07) is 25.2. The van der Waals surface area contributed by atoms with E-state index in [1.54, 1.807) is 18.6 Å². The third kappa shape index (κ3) is 7.16. The third-order valence-corrected chi connectivity index (χ3v) is 8.73. The number of fused-ring (bicyclic) bond motifs is 2. The highest BCUT2D eigenvalue weighted by Crippen LogP contribution is 2.32. The van der Waals surface area contributed by atoms with Crippen molar-refractivity contribution in [2.24, 2.45) is 11.5 Å². The summed E-state index contributed by atoms with van der Waals surface area (Å²) in [7, 11) is 0. The molecule has 2 aromatic carbocycles. The minimum atomic E-state index is -0.560. The highest BCUT2D eigenvalue weighted by Gasteiger charge is 2.20. The van der Waals surface area contributed by atoms with Crippen molar-refractivity contribution < 1.29 is 9.59 Å². The quantitative estimate of drug-likeness (QED) is 0.0864. The molecule has 8 rings (SSSR count). The molecule has 268 valence electrons. The minimum Gasteiger partial charge on any atom is -0.365 e. The largest absolute Gasteiger partial charge is 0.365 e. The van der Waals surface area contributed by atoms with E-state index in [1.165, 1.54) is 12.4 Å². The molecule has 6 aromatic heterocycles. The van der Waals surface area contributed by atoms with Crippen molar-refractivity contribution >= 4 is 56.9 Å². The van der Waals surface area contributed by atoms with Crippen LogP contribution in [0, 0.1) is 0 Å². The highest BCUT2D eigenvalue weighted by molar-refractivity contribution is 6.07. The predicted octanol–water partition coefficient (Wildman–Crippen LogP) is 6.85. The highest BCUT2D eigenvalue weighted by atomic mass is 16.1. The van der Waals surface area contributed by atoms with Gasteiger partial charge in [0.05, 0.1) is 22.5 Å². The molecule has 0 aliphatic carbocycles. The molecule has 8 aromatic rings. The molecular weight excluding hydrogens is 681 g/mol. The van der Waals surface area contributed by atoms with Crippen molar-refractivity contribution in [3.63, 3.8) is 0 Å². The molecule has 8 N–H and O–H groups in total. The van der Waals surface area contributed by atoms with Crippen LogP contribution < -0.4 is 22.1 Å². The first-order valence-corrected chi connectivity index (χ1v) is 17.2. The Morgan fingerprint density at radius 1 is 0.611 bits per heavy atom. The molecule has 0 saturated carbocycles. The zero-order valence-corrected chi connectivity index (χ0v) is 29.5. The fourth-order valence-electron chi connectivity index (χ4n) is 5.98. The van der Waals surface area contributed by atoms with E-state index in [-0.39, 0.29) is 0 Å². The zero-order valence-electron chi connectivity index (χ0n) is 29.5. The molecule has 0 bridgehead atoms. The van der Waals surface area contributed by atoms with Crippen LogP contribution in [0.3, 0.4) is 0 Å². The molecule has 0 aliphatic rings. The monoisotopic (exact) mass is 716 g/mol. The van der Waals surface area contributed by atoms with E-state index >= 15 is 0 Å². The number of imidazole rings is 2. The number of pyridine rings is 4. The topological polar surface area (TPSA) is 219 Å². The number of anilines is 4. The molecule has 14 heteroatoms. The van der Waals surface area contributed by atoms with Crippen molar-refractivity contribution in [2.45, 2.75) is 26.7 Å². The molecule has 0 radical (unpaired) electrons. The smallest absolute Gasteiger partial charge is 0.252 e. The molecule has 0 spiro atoms. The second-order valence-corrected chi connectivity index (χ2v) is 12.1. The number of aromatic amines is 2. The maximum Gasteiger partial charge on any atom is 0.252 e. The van der Waals surface area contributed by atoms with Crippen LogP contribution in [-0.2, 0) is 12.8 Å². The Balaban J connectivity index is 0.000000167. The van der Waals surface area contributed by atoms with Gasteiger partial charge in [-0.1, -0.05) is 56.3 Å². The summed E-state index contributed by atoms with van der Waals surface area (Å²) in [4.78, 5) is 56.5. The maximum atomic E-state index is 12.0. The number of carbonyl (C=O) groups excluding carboxylic acids is 2. The number of aromatic nitrogens is 8. The van der Waals surface area contributed by atoms with Gasteiger partial charge >= 0.3 is 0 Å². The Morgan fingerprint density at radius 3 is 1.65 bits per heavy atom. The van der Waals surface area contributed by atoms with Crippen molar-refractivity contribution in [1.82, 2.24) is 39.9 Å². The van der Waals surface area contributed by atoms with Crippen LogP contribution >= 0.6 is 0 Å². The summed E-state index contributed by atoms with van der Waals surface area (Å²) in [6.07, 6.45) is 9.72. The van der Waals surface area contributed by atoms with Gasteiger partial charge < -0.3 is 32.1 Å². The second-order valence-electron chi connectivity index (χ2n) is 12.1. The van der Waals surface area contributed by atoms with Crippen LogP contribution in [0.25, 0.3) is 45.2 Å². The van der Waals surface area contributed by atoms with E-state index in [4.69, 9.17) is 11.5 Å². The fourth-order valence-corrected chi connectivity index (χ4v) is 5.98. The number of amides is 2. The summed E-state index contributed by atoms with van der Waals surface area (Å²) < 4.78 is 0. The Hall–Kier alpha value is -7.48. The lowest BCUT2D eigenvalue weighted by Crippen LogP contribution is -2.14. The lowest BCUT2D eigenvalue weighted by atomic mass is 10.1. The number of hydrogen-bond donors (Lipinski definition) is 6. The molecular formula is C40H36N12O2. The number of benzene rings is 2. The molecule has 2 amide bonds. The lowest BCUT2D eigenvalue weighted by Gasteiger charge is -2.13. The third-order valence-electron chi connectivity index (χ3n) is 8.73. The number of nitrogens with zero attached hydrogens (tertiary/aromatic N) is 6. The molecule has 54 heavy (non-hydrogen) atoms. The van der Waals surface area contributed by atoms with Gasteiger partial charge in [0.25, 0.3) is 11.8 Å². The van der Waals surface area contributed by atoms with Crippen molar-refractivity contribution in [3.05, 3.63) is 132 Å². The van der Waals surface area contributed by atoms with Gasteiger partial charge in [-0.3, -0.25) is 19.6 Å². The number of rotatable bonds is 10. The van der Waals surface area contributed by atoms with Crippen LogP contribution in [0.2, 0.25) is 0 Å². The van der Waals surface area contributed by atoms with Crippen LogP contribution in [0.15, 0.2) is 110 Å². The molecule has 0 atom stereocenters. The van der Waals surface area contributed by atoms with Crippen LogP contribution in [0.5, 0.6) is 0 Å². The average molecular weight is 717 g/mol. The average Bonchev–Trinajstić information content (AvgIpc) is 3.85. The van der Waals surface area contributed by atoms with E-state index in [0.717, 1.165) is 40.9 Å². The van der Waals surface area contributed by atoms with Crippen LogP contribution in [0.1, 0.15) is 45.7 Å². The number of carbonyl (C=O) groups is 2. The van der Waals surface area contributed by atoms with Gasteiger partial charge in [0.1, 0.15) is 22.6 Å². The number of nitrogens with one attached hydrogen (secondary N) is 4. The lowest BCUT2D eigenvalue weighted by molar-refractivity contribution is 0.0992. The molecule has 14 nitrogen and oxygen atoms in total. The molecule has 0 aliphatic heterocycles. The number of nitrogens with two attached hydrogens (primary N) is 2. The van der Waals surface area contributed by atoms with Gasteiger partial charge in [0.2, 0.25) is 0 Å². The SMILES string of the molecule is CCc1ccccc1Nc1c(C(N)=O)cnc2nc(-c3ccccn3)[nH]c12.CCc1ccccc1Nc1c(C(N)=O)cnc2nc(-c3cccnc3)[nH]c12. The molecule has 0 unspecified atom stereocenters.